The van der Waals surface area contributed by atoms with E-state index in [0.717, 1.165) is 18.6 Å². The fraction of sp³-hybridized carbons (Fsp3) is 0.733. The number of ether oxygens (including phenoxy) is 1. The Hall–Kier alpha value is -1.45. The summed E-state index contributed by atoms with van der Waals surface area (Å²) in [4.78, 5) is 14.5. The summed E-state index contributed by atoms with van der Waals surface area (Å²) >= 11 is 0. The summed E-state index contributed by atoms with van der Waals surface area (Å²) in [6.45, 7) is 0.983. The third-order valence-corrected chi connectivity index (χ3v) is 7.99. The molecule has 4 heterocycles. The average Bonchev–Trinajstić information content (AvgIpc) is 3.16. The Morgan fingerprint density at radius 2 is 2.17 bits per heavy atom. The second-order valence-corrected chi connectivity index (χ2v) is 9.63. The third kappa shape index (κ3) is 1.94. The largest absolute Gasteiger partial charge is 0.365 e. The number of amides is 1. The molecule has 3 atom stereocenters. The first kappa shape index (κ1) is 14.9. The highest BCUT2D eigenvalue weighted by molar-refractivity contribution is 7.90. The van der Waals surface area contributed by atoms with Crippen LogP contribution in [0.1, 0.15) is 41.4 Å². The lowest BCUT2D eigenvalue weighted by Gasteiger charge is -2.39. The molecule has 2 bridgehead atoms. The van der Waals surface area contributed by atoms with Crippen LogP contribution in [0.15, 0.2) is 10.6 Å². The Kier molecular flexibility index (Phi) is 2.84. The lowest BCUT2D eigenvalue weighted by Crippen LogP contribution is -2.56. The summed E-state index contributed by atoms with van der Waals surface area (Å²) in [5.41, 5.74) is -0.504. The zero-order valence-electron chi connectivity index (χ0n) is 13.3. The zero-order valence-corrected chi connectivity index (χ0v) is 14.2. The number of likely N-dealkylation sites (N-methyl/N-ethyl adjacent to an activating group) is 1. The molecule has 1 spiro atoms. The van der Waals surface area contributed by atoms with Gasteiger partial charge in [0.05, 0.1) is 12.6 Å². The van der Waals surface area contributed by atoms with Crippen LogP contribution in [0.3, 0.4) is 0 Å². The number of morpholine rings is 1. The highest BCUT2D eigenvalue weighted by Crippen LogP contribution is 2.46. The quantitative estimate of drug-likeness (QED) is 0.753. The van der Waals surface area contributed by atoms with Crippen LogP contribution in [0, 0.1) is 0 Å². The lowest BCUT2D eigenvalue weighted by molar-refractivity contribution is -0.0967. The second-order valence-electron chi connectivity index (χ2n) is 7.40. The maximum atomic E-state index is 12.8. The molecular formula is C15H19N3O5S. The van der Waals surface area contributed by atoms with Crippen molar-refractivity contribution in [1.29, 1.82) is 0 Å². The Morgan fingerprint density at radius 3 is 2.92 bits per heavy atom. The number of carbonyl (C=O) groups excluding carboxylic acids is 1. The van der Waals surface area contributed by atoms with E-state index in [0.29, 0.717) is 31.1 Å². The molecule has 1 saturated carbocycles. The van der Waals surface area contributed by atoms with Crippen LogP contribution in [0.2, 0.25) is 0 Å². The number of sulfonamides is 1. The number of hydrogen-bond acceptors (Lipinski definition) is 6. The van der Waals surface area contributed by atoms with Crippen molar-refractivity contribution in [2.45, 2.75) is 42.1 Å². The van der Waals surface area contributed by atoms with Gasteiger partial charge >= 0.3 is 0 Å². The first-order chi connectivity index (χ1) is 11.4. The van der Waals surface area contributed by atoms with Gasteiger partial charge in [-0.2, -0.15) is 0 Å². The molecule has 3 aliphatic heterocycles. The second kappa shape index (κ2) is 4.59. The summed E-state index contributed by atoms with van der Waals surface area (Å²) in [5, 5.41) is 3.36. The maximum Gasteiger partial charge on any atom is 0.276 e. The van der Waals surface area contributed by atoms with Gasteiger partial charge in [0.2, 0.25) is 10.0 Å². The van der Waals surface area contributed by atoms with E-state index in [1.165, 1.54) is 4.31 Å². The Bertz CT molecular complexity index is 817. The van der Waals surface area contributed by atoms with Gasteiger partial charge in [0, 0.05) is 32.1 Å². The molecule has 4 aliphatic rings. The summed E-state index contributed by atoms with van der Waals surface area (Å²) in [6, 6.07) is 1.73. The van der Waals surface area contributed by atoms with Crippen LogP contribution >= 0.6 is 0 Å². The number of fused-ring (bicyclic) bond motifs is 1. The van der Waals surface area contributed by atoms with E-state index in [-0.39, 0.29) is 18.6 Å². The van der Waals surface area contributed by atoms with Crippen molar-refractivity contribution in [3.63, 3.8) is 0 Å². The molecule has 3 saturated heterocycles. The number of aromatic nitrogens is 1. The molecule has 0 aromatic carbocycles. The van der Waals surface area contributed by atoms with Crippen LogP contribution in [0.25, 0.3) is 0 Å². The first-order valence-corrected chi connectivity index (χ1v) is 9.78. The van der Waals surface area contributed by atoms with E-state index >= 15 is 0 Å². The molecule has 5 rings (SSSR count). The molecule has 1 aromatic rings. The van der Waals surface area contributed by atoms with Crippen LogP contribution in [0.4, 0.5) is 0 Å². The minimum atomic E-state index is -3.34. The number of likely N-dealkylation sites (tertiary alicyclic amines) is 1. The number of hydrogen-bond donors (Lipinski definition) is 0. The summed E-state index contributed by atoms with van der Waals surface area (Å²) in [5.74, 6) is 0.969. The van der Waals surface area contributed by atoms with Crippen molar-refractivity contribution >= 4 is 15.9 Å². The highest BCUT2D eigenvalue weighted by atomic mass is 32.2. The van der Waals surface area contributed by atoms with E-state index in [9.17, 15) is 13.2 Å². The van der Waals surface area contributed by atoms with Crippen LogP contribution < -0.4 is 0 Å². The van der Waals surface area contributed by atoms with Gasteiger partial charge in [0.15, 0.2) is 5.69 Å². The SMILES string of the molecule is CN1CC23CN(C(=O)c4cc(C5CC5)on4)C[C@@H](C[C@@H]2S1(=O)=O)O3. The van der Waals surface area contributed by atoms with Crippen molar-refractivity contribution < 1.29 is 22.5 Å². The minimum Gasteiger partial charge on any atom is -0.365 e. The Labute approximate surface area is 139 Å². The van der Waals surface area contributed by atoms with Crippen LogP contribution in [-0.2, 0) is 14.8 Å². The minimum absolute atomic E-state index is 0.203. The van der Waals surface area contributed by atoms with Crippen molar-refractivity contribution in [2.24, 2.45) is 0 Å². The van der Waals surface area contributed by atoms with E-state index in [4.69, 9.17) is 9.26 Å². The summed E-state index contributed by atoms with van der Waals surface area (Å²) in [7, 11) is -1.77. The van der Waals surface area contributed by atoms with Gasteiger partial charge in [0.25, 0.3) is 5.91 Å². The smallest absolute Gasteiger partial charge is 0.276 e. The standard InChI is InChI=1S/C15H19N3O5S/c1-17-7-15-8-18(6-10(22-15)4-13(15)24(17,20)21)14(19)11-5-12(23-16-11)9-2-3-9/h5,9-10,13H,2-4,6-8H2,1H3/t10-,13+,15?/m1/s1. The zero-order chi connectivity index (χ0) is 16.7. The molecule has 1 aromatic heterocycles. The van der Waals surface area contributed by atoms with Crippen molar-refractivity contribution in [1.82, 2.24) is 14.4 Å². The number of carbonyl (C=O) groups is 1. The molecule has 24 heavy (non-hydrogen) atoms. The topological polar surface area (TPSA) is 93.0 Å². The van der Waals surface area contributed by atoms with Gasteiger partial charge in [0.1, 0.15) is 16.6 Å². The predicted octanol–water partition coefficient (Wildman–Crippen LogP) is 0.179. The van der Waals surface area contributed by atoms with Gasteiger partial charge in [-0.3, -0.25) is 4.79 Å². The molecule has 1 unspecified atom stereocenters. The third-order valence-electron chi connectivity index (χ3n) is 5.65. The van der Waals surface area contributed by atoms with E-state index < -0.39 is 20.9 Å². The highest BCUT2D eigenvalue weighted by Gasteiger charge is 2.64. The van der Waals surface area contributed by atoms with E-state index in [2.05, 4.69) is 5.16 Å². The molecule has 1 amide bonds. The van der Waals surface area contributed by atoms with Gasteiger partial charge in [-0.1, -0.05) is 5.16 Å². The predicted molar refractivity (Wildman–Crippen MR) is 81.9 cm³/mol. The fourth-order valence-corrected chi connectivity index (χ4v) is 6.37. The Morgan fingerprint density at radius 1 is 1.38 bits per heavy atom. The normalized spacial score (nSPS) is 37.6. The van der Waals surface area contributed by atoms with Gasteiger partial charge in [-0.25, -0.2) is 12.7 Å². The van der Waals surface area contributed by atoms with Gasteiger partial charge in [-0.15, -0.1) is 0 Å². The van der Waals surface area contributed by atoms with Crippen LogP contribution in [0.5, 0.6) is 0 Å². The average molecular weight is 353 g/mol. The monoisotopic (exact) mass is 353 g/mol. The molecule has 0 N–H and O–H groups in total. The lowest BCUT2D eigenvalue weighted by atomic mass is 9.99. The maximum absolute atomic E-state index is 12.8. The fourth-order valence-electron chi connectivity index (χ4n) is 4.33. The van der Waals surface area contributed by atoms with Crippen molar-refractivity contribution in [3.8, 4) is 0 Å². The molecule has 9 heteroatoms. The van der Waals surface area contributed by atoms with E-state index in [1.54, 1.807) is 18.0 Å². The van der Waals surface area contributed by atoms with E-state index in [1.807, 2.05) is 0 Å². The van der Waals surface area contributed by atoms with Crippen LogP contribution in [-0.4, -0.2) is 72.3 Å². The van der Waals surface area contributed by atoms with Gasteiger partial charge in [-0.05, 0) is 19.3 Å². The molecule has 130 valence electrons. The number of rotatable bonds is 2. The molecule has 8 nitrogen and oxygen atoms in total. The molecule has 4 fully saturated rings. The van der Waals surface area contributed by atoms with Gasteiger partial charge < -0.3 is 14.2 Å². The van der Waals surface area contributed by atoms with Crippen molar-refractivity contribution in [2.75, 3.05) is 26.7 Å². The summed E-state index contributed by atoms with van der Waals surface area (Å²) < 4.78 is 37.6. The Balaban J connectivity index is 1.42. The molecule has 0 radical (unpaired) electrons. The molecule has 1 aliphatic carbocycles. The number of nitrogens with zero attached hydrogens (tertiary/aromatic N) is 3. The molecular weight excluding hydrogens is 334 g/mol. The van der Waals surface area contributed by atoms with Crippen molar-refractivity contribution in [3.05, 3.63) is 17.5 Å². The first-order valence-electron chi connectivity index (χ1n) is 8.28. The summed E-state index contributed by atoms with van der Waals surface area (Å²) in [6.07, 6.45) is 2.38.